The molecule has 10 heteroatoms. The minimum absolute atomic E-state index is 0.0819. The Morgan fingerprint density at radius 2 is 1.71 bits per heavy atom. The van der Waals surface area contributed by atoms with E-state index in [9.17, 15) is 19.2 Å². The smallest absolute Gasteiger partial charge is 0.306 e. The van der Waals surface area contributed by atoms with Crippen LogP contribution in [0.3, 0.4) is 0 Å². The average Bonchev–Trinajstić information content (AvgIpc) is 3.21. The Morgan fingerprint density at radius 3 is 2.39 bits per heavy atom. The summed E-state index contributed by atoms with van der Waals surface area (Å²) in [4.78, 5) is 46.6. The van der Waals surface area contributed by atoms with Gasteiger partial charge in [-0.2, -0.15) is 0 Å². The molecular weight excluding hydrogens is 434 g/mol. The summed E-state index contributed by atoms with van der Waals surface area (Å²) in [5, 5.41) is 2.59. The topological polar surface area (TPSA) is 127 Å². The highest BCUT2D eigenvalue weighted by Gasteiger charge is 2.12. The van der Waals surface area contributed by atoms with Crippen LogP contribution in [-0.2, 0) is 25.7 Å². The lowest BCUT2D eigenvalue weighted by Gasteiger charge is -2.08. The van der Waals surface area contributed by atoms with E-state index >= 15 is 0 Å². The average molecular weight is 452 g/mol. The van der Waals surface area contributed by atoms with Crippen molar-refractivity contribution in [1.82, 2.24) is 16.2 Å². The van der Waals surface area contributed by atoms with Gasteiger partial charge in [0.05, 0.1) is 19.2 Å². The minimum atomic E-state index is -0.707. The van der Waals surface area contributed by atoms with E-state index in [4.69, 9.17) is 9.15 Å². The second-order valence-corrected chi connectivity index (χ2v) is 6.44. The van der Waals surface area contributed by atoms with Crippen molar-refractivity contribution in [2.24, 2.45) is 0 Å². The maximum Gasteiger partial charge on any atom is 0.306 e. The first-order valence-electron chi connectivity index (χ1n) is 8.23. The molecule has 1 heterocycles. The zero-order valence-electron chi connectivity index (χ0n) is 14.7. The van der Waals surface area contributed by atoms with E-state index in [1.807, 2.05) is 0 Å². The van der Waals surface area contributed by atoms with Gasteiger partial charge in [0.1, 0.15) is 5.76 Å². The molecule has 0 radical (unpaired) electrons. The van der Waals surface area contributed by atoms with Gasteiger partial charge in [0.2, 0.25) is 5.91 Å². The van der Waals surface area contributed by atoms with Crippen molar-refractivity contribution in [3.05, 3.63) is 58.5 Å². The molecule has 3 amide bonds. The third-order valence-electron chi connectivity index (χ3n) is 3.38. The van der Waals surface area contributed by atoms with E-state index in [0.717, 1.165) is 4.47 Å². The number of amides is 3. The monoisotopic (exact) mass is 451 g/mol. The van der Waals surface area contributed by atoms with Gasteiger partial charge in [-0.1, -0.05) is 15.9 Å². The molecular formula is C18H18BrN3O6. The number of carbonyl (C=O) groups excluding carboxylic acids is 4. The Labute approximate surface area is 168 Å². The molecule has 0 aliphatic rings. The van der Waals surface area contributed by atoms with Crippen LogP contribution in [0.15, 0.2) is 51.6 Å². The molecule has 0 fully saturated rings. The third-order valence-corrected chi connectivity index (χ3v) is 3.91. The molecule has 28 heavy (non-hydrogen) atoms. The van der Waals surface area contributed by atoms with Gasteiger partial charge >= 0.3 is 5.97 Å². The summed E-state index contributed by atoms with van der Waals surface area (Å²) in [5.41, 5.74) is 4.69. The number of hydrogen-bond acceptors (Lipinski definition) is 6. The molecule has 1 aromatic carbocycles. The summed E-state index contributed by atoms with van der Waals surface area (Å²) in [6.45, 7) is -0.352. The second kappa shape index (κ2) is 10.9. The van der Waals surface area contributed by atoms with Crippen LogP contribution in [0.1, 0.15) is 29.0 Å². The van der Waals surface area contributed by atoms with Crippen LogP contribution < -0.4 is 16.2 Å². The summed E-state index contributed by atoms with van der Waals surface area (Å²) in [6, 6.07) is 9.92. The van der Waals surface area contributed by atoms with Gasteiger partial charge in [-0.3, -0.25) is 30.0 Å². The largest absolute Gasteiger partial charge is 0.467 e. The van der Waals surface area contributed by atoms with Crippen LogP contribution in [0.25, 0.3) is 0 Å². The van der Waals surface area contributed by atoms with E-state index < -0.39 is 24.4 Å². The van der Waals surface area contributed by atoms with Crippen molar-refractivity contribution in [2.75, 3.05) is 6.61 Å². The number of ether oxygens (including phenoxy) is 1. The van der Waals surface area contributed by atoms with Crippen molar-refractivity contribution in [3.63, 3.8) is 0 Å². The third kappa shape index (κ3) is 7.62. The van der Waals surface area contributed by atoms with Crippen molar-refractivity contribution in [1.29, 1.82) is 0 Å². The van der Waals surface area contributed by atoms with Gasteiger partial charge in [0.25, 0.3) is 11.8 Å². The second-order valence-electron chi connectivity index (χ2n) is 5.53. The first-order chi connectivity index (χ1) is 13.4. The molecule has 0 spiro atoms. The van der Waals surface area contributed by atoms with Crippen molar-refractivity contribution < 1.29 is 28.3 Å². The Bertz CT molecular complexity index is 820. The lowest BCUT2D eigenvalue weighted by Crippen LogP contribution is -2.43. The molecule has 9 nitrogen and oxygen atoms in total. The minimum Gasteiger partial charge on any atom is -0.467 e. The standard InChI is InChI=1S/C18H18BrN3O6/c19-13-5-3-12(4-6-13)18(26)22-21-16(24)11-28-17(25)8-7-15(23)20-10-14-2-1-9-27-14/h1-6,9H,7-8,10-11H2,(H,20,23)(H,21,24)(H,22,26). The summed E-state index contributed by atoms with van der Waals surface area (Å²) in [7, 11) is 0. The SMILES string of the molecule is O=C(CCC(=O)OCC(=O)NNC(=O)c1ccc(Br)cc1)NCc1ccco1. The Balaban J connectivity index is 1.58. The molecule has 0 saturated carbocycles. The lowest BCUT2D eigenvalue weighted by molar-refractivity contribution is -0.149. The summed E-state index contributed by atoms with van der Waals surface area (Å²) < 4.78 is 10.6. The van der Waals surface area contributed by atoms with Crippen LogP contribution in [0.5, 0.6) is 0 Å². The zero-order valence-corrected chi connectivity index (χ0v) is 16.3. The number of furan rings is 1. The van der Waals surface area contributed by atoms with E-state index in [1.165, 1.54) is 6.26 Å². The van der Waals surface area contributed by atoms with Crippen LogP contribution in [0, 0.1) is 0 Å². The fraction of sp³-hybridized carbons (Fsp3) is 0.222. The molecule has 0 atom stereocenters. The van der Waals surface area contributed by atoms with Gasteiger partial charge in [0, 0.05) is 16.5 Å². The summed E-state index contributed by atoms with van der Waals surface area (Å²) in [6.07, 6.45) is 1.23. The number of nitrogens with one attached hydrogen (secondary N) is 3. The van der Waals surface area contributed by atoms with Crippen LogP contribution in [0.2, 0.25) is 0 Å². The lowest BCUT2D eigenvalue weighted by atomic mass is 10.2. The molecule has 148 valence electrons. The van der Waals surface area contributed by atoms with E-state index in [2.05, 4.69) is 32.1 Å². The van der Waals surface area contributed by atoms with Crippen LogP contribution in [-0.4, -0.2) is 30.3 Å². The number of hydrazine groups is 1. The van der Waals surface area contributed by atoms with Crippen molar-refractivity contribution in [3.8, 4) is 0 Å². The van der Waals surface area contributed by atoms with Gasteiger partial charge in [-0.25, -0.2) is 0 Å². The Hall–Kier alpha value is -3.14. The molecule has 0 aliphatic carbocycles. The van der Waals surface area contributed by atoms with Crippen LogP contribution >= 0.6 is 15.9 Å². The quantitative estimate of drug-likeness (QED) is 0.411. The number of hydrogen-bond donors (Lipinski definition) is 3. The van der Waals surface area contributed by atoms with Crippen molar-refractivity contribution in [2.45, 2.75) is 19.4 Å². The Kier molecular flexibility index (Phi) is 8.22. The maximum atomic E-state index is 11.8. The molecule has 0 unspecified atom stereocenters. The molecule has 1 aromatic heterocycles. The molecule has 3 N–H and O–H groups in total. The van der Waals surface area contributed by atoms with Gasteiger partial charge < -0.3 is 14.5 Å². The number of rotatable bonds is 8. The fourth-order valence-electron chi connectivity index (χ4n) is 1.96. The van der Waals surface area contributed by atoms with Gasteiger partial charge in [-0.15, -0.1) is 0 Å². The van der Waals surface area contributed by atoms with E-state index in [1.54, 1.807) is 36.4 Å². The zero-order chi connectivity index (χ0) is 20.4. The normalized spacial score (nSPS) is 10.0. The molecule has 2 aromatic rings. The molecule has 2 rings (SSSR count). The number of carbonyl (C=O) groups is 4. The number of halogens is 1. The predicted octanol–water partition coefficient (Wildman–Crippen LogP) is 1.44. The number of benzene rings is 1. The predicted molar refractivity (Wildman–Crippen MR) is 100 cm³/mol. The first-order valence-corrected chi connectivity index (χ1v) is 9.03. The van der Waals surface area contributed by atoms with Crippen LogP contribution in [0.4, 0.5) is 0 Å². The highest BCUT2D eigenvalue weighted by molar-refractivity contribution is 9.10. The molecule has 0 aliphatic heterocycles. The first kappa shape index (κ1) is 21.2. The van der Waals surface area contributed by atoms with Crippen molar-refractivity contribution >= 4 is 39.6 Å². The highest BCUT2D eigenvalue weighted by atomic mass is 79.9. The fourth-order valence-corrected chi connectivity index (χ4v) is 2.22. The van der Waals surface area contributed by atoms with E-state index in [-0.39, 0.29) is 25.3 Å². The highest BCUT2D eigenvalue weighted by Crippen LogP contribution is 2.10. The number of esters is 1. The van der Waals surface area contributed by atoms with Gasteiger partial charge in [0.15, 0.2) is 6.61 Å². The summed E-state index contributed by atoms with van der Waals surface area (Å²) in [5.74, 6) is -1.68. The summed E-state index contributed by atoms with van der Waals surface area (Å²) >= 11 is 3.25. The maximum absolute atomic E-state index is 11.8. The molecule has 0 saturated heterocycles. The molecule has 0 bridgehead atoms. The Morgan fingerprint density at radius 1 is 0.964 bits per heavy atom. The van der Waals surface area contributed by atoms with E-state index in [0.29, 0.717) is 11.3 Å². The van der Waals surface area contributed by atoms with Gasteiger partial charge in [-0.05, 0) is 36.4 Å².